The van der Waals surface area contributed by atoms with Crippen LogP contribution in [0.5, 0.6) is 0 Å². The first-order chi connectivity index (χ1) is 8.01. The average Bonchev–Trinajstić information content (AvgIpc) is 2.25. The van der Waals surface area contributed by atoms with Crippen LogP contribution in [-0.2, 0) is 9.53 Å². The smallest absolute Gasteiger partial charge is 0.315 e. The van der Waals surface area contributed by atoms with Crippen molar-refractivity contribution < 1.29 is 9.53 Å². The van der Waals surface area contributed by atoms with Crippen LogP contribution in [0.15, 0.2) is 0 Å². The van der Waals surface area contributed by atoms with Crippen molar-refractivity contribution in [1.82, 2.24) is 5.32 Å². The van der Waals surface area contributed by atoms with Gasteiger partial charge in [0.1, 0.15) is 0 Å². The largest absolute Gasteiger partial charge is 0.465 e. The van der Waals surface area contributed by atoms with Crippen LogP contribution in [0.3, 0.4) is 0 Å². The van der Waals surface area contributed by atoms with E-state index in [1.165, 1.54) is 19.3 Å². The van der Waals surface area contributed by atoms with E-state index in [1.807, 2.05) is 14.0 Å². The normalized spacial score (nSPS) is 27.8. The van der Waals surface area contributed by atoms with Crippen LogP contribution in [-0.4, -0.2) is 36.7 Å². The van der Waals surface area contributed by atoms with E-state index in [0.29, 0.717) is 29.1 Å². The van der Waals surface area contributed by atoms with Gasteiger partial charge in [-0.05, 0) is 32.2 Å². The van der Waals surface area contributed by atoms with Crippen molar-refractivity contribution in [2.75, 3.05) is 19.4 Å². The molecule has 0 saturated heterocycles. The highest BCUT2D eigenvalue weighted by Gasteiger charge is 2.38. The molecular weight excluding hydrogens is 234 g/mol. The molecule has 1 aliphatic carbocycles. The van der Waals surface area contributed by atoms with E-state index in [2.05, 4.69) is 19.2 Å². The van der Waals surface area contributed by atoms with E-state index in [9.17, 15) is 4.79 Å². The Morgan fingerprint density at radius 2 is 2.24 bits per heavy atom. The molecule has 1 aliphatic rings. The van der Waals surface area contributed by atoms with Crippen LogP contribution in [0.2, 0.25) is 0 Å². The topological polar surface area (TPSA) is 38.3 Å². The summed E-state index contributed by atoms with van der Waals surface area (Å²) < 4.78 is 4.97. The fourth-order valence-corrected chi connectivity index (χ4v) is 4.18. The summed E-state index contributed by atoms with van der Waals surface area (Å²) in [5.74, 6) is 0.392. The lowest BCUT2D eigenvalue weighted by Gasteiger charge is -2.43. The van der Waals surface area contributed by atoms with Crippen molar-refractivity contribution in [3.63, 3.8) is 0 Å². The SMILES string of the molecule is CCOC(=O)CSC1CCCC(C)(C)C1NC. The molecule has 1 N–H and O–H groups in total. The zero-order valence-electron chi connectivity index (χ0n) is 11.4. The highest BCUT2D eigenvalue weighted by atomic mass is 32.2. The van der Waals surface area contributed by atoms with Crippen molar-refractivity contribution in [2.24, 2.45) is 5.41 Å². The van der Waals surface area contributed by atoms with Crippen LogP contribution in [0, 0.1) is 5.41 Å². The Balaban J connectivity index is 2.48. The number of esters is 1. The highest BCUT2D eigenvalue weighted by Crippen LogP contribution is 2.40. The number of carbonyl (C=O) groups is 1. The molecular formula is C13H25NO2S. The molecule has 0 bridgehead atoms. The predicted molar refractivity (Wildman–Crippen MR) is 73.4 cm³/mol. The number of carbonyl (C=O) groups excluding carboxylic acids is 1. The summed E-state index contributed by atoms with van der Waals surface area (Å²) in [4.78, 5) is 11.4. The standard InChI is InChI=1S/C13H25NO2S/c1-5-16-11(15)9-17-10-7-6-8-13(2,3)12(10)14-4/h10,12,14H,5-9H2,1-4H3. The Hall–Kier alpha value is -0.220. The van der Waals surface area contributed by atoms with Crippen LogP contribution in [0.25, 0.3) is 0 Å². The molecule has 17 heavy (non-hydrogen) atoms. The Kier molecular flexibility index (Phi) is 5.80. The van der Waals surface area contributed by atoms with Crippen molar-refractivity contribution >= 4 is 17.7 Å². The van der Waals surface area contributed by atoms with Crippen molar-refractivity contribution in [2.45, 2.75) is 51.3 Å². The van der Waals surface area contributed by atoms with Crippen molar-refractivity contribution in [1.29, 1.82) is 0 Å². The maximum absolute atomic E-state index is 11.4. The van der Waals surface area contributed by atoms with Gasteiger partial charge >= 0.3 is 5.97 Å². The minimum atomic E-state index is -0.0873. The molecule has 0 aromatic heterocycles. The quantitative estimate of drug-likeness (QED) is 0.770. The van der Waals surface area contributed by atoms with Crippen LogP contribution in [0.4, 0.5) is 0 Å². The second-order valence-corrected chi connectivity index (χ2v) is 6.53. The van der Waals surface area contributed by atoms with Crippen LogP contribution < -0.4 is 5.32 Å². The number of hydrogen-bond donors (Lipinski definition) is 1. The summed E-state index contributed by atoms with van der Waals surface area (Å²) in [6.45, 7) is 6.95. The number of rotatable bonds is 5. The fourth-order valence-electron chi connectivity index (χ4n) is 2.72. The van der Waals surface area contributed by atoms with Crippen molar-refractivity contribution in [3.05, 3.63) is 0 Å². The Labute approximate surface area is 109 Å². The van der Waals surface area contributed by atoms with Gasteiger partial charge in [0, 0.05) is 11.3 Å². The van der Waals surface area contributed by atoms with Gasteiger partial charge in [0.2, 0.25) is 0 Å². The summed E-state index contributed by atoms with van der Waals surface area (Å²) in [6.07, 6.45) is 3.71. The summed E-state index contributed by atoms with van der Waals surface area (Å²) in [5, 5.41) is 3.95. The molecule has 0 radical (unpaired) electrons. The van der Waals surface area contributed by atoms with E-state index < -0.39 is 0 Å². The maximum Gasteiger partial charge on any atom is 0.315 e. The second-order valence-electron chi connectivity index (χ2n) is 5.30. The summed E-state index contributed by atoms with van der Waals surface area (Å²) in [6, 6.07) is 0.482. The van der Waals surface area contributed by atoms with Crippen molar-refractivity contribution in [3.8, 4) is 0 Å². The van der Waals surface area contributed by atoms with Gasteiger partial charge in [-0.3, -0.25) is 4.79 Å². The number of ether oxygens (including phenoxy) is 1. The van der Waals surface area contributed by atoms with E-state index in [-0.39, 0.29) is 5.97 Å². The third-order valence-electron chi connectivity index (χ3n) is 3.56. The lowest BCUT2D eigenvalue weighted by atomic mass is 9.73. The van der Waals surface area contributed by atoms with Gasteiger partial charge in [0.15, 0.2) is 0 Å². The monoisotopic (exact) mass is 259 g/mol. The minimum absolute atomic E-state index is 0.0873. The first-order valence-electron chi connectivity index (χ1n) is 6.45. The van der Waals surface area contributed by atoms with Gasteiger partial charge in [-0.2, -0.15) is 0 Å². The maximum atomic E-state index is 11.4. The molecule has 0 aromatic carbocycles. The van der Waals surface area contributed by atoms with Gasteiger partial charge in [-0.1, -0.05) is 20.3 Å². The summed E-state index contributed by atoms with van der Waals surface area (Å²) in [5.41, 5.74) is 0.319. The molecule has 1 rings (SSSR count). The number of nitrogens with one attached hydrogen (secondary N) is 1. The van der Waals surface area contributed by atoms with Gasteiger partial charge in [-0.15, -0.1) is 11.8 Å². The van der Waals surface area contributed by atoms with E-state index in [0.717, 1.165) is 0 Å². The lowest BCUT2D eigenvalue weighted by molar-refractivity contribution is -0.139. The second kappa shape index (κ2) is 6.64. The molecule has 2 atom stereocenters. The van der Waals surface area contributed by atoms with E-state index in [1.54, 1.807) is 11.8 Å². The first kappa shape index (κ1) is 14.8. The zero-order valence-corrected chi connectivity index (χ0v) is 12.2. The third kappa shape index (κ3) is 4.18. The zero-order chi connectivity index (χ0) is 12.9. The molecule has 0 aliphatic heterocycles. The van der Waals surface area contributed by atoms with Gasteiger partial charge in [0.25, 0.3) is 0 Å². The molecule has 1 fully saturated rings. The molecule has 1 saturated carbocycles. The van der Waals surface area contributed by atoms with E-state index in [4.69, 9.17) is 4.74 Å². The molecule has 3 nitrogen and oxygen atoms in total. The molecule has 0 heterocycles. The molecule has 4 heteroatoms. The minimum Gasteiger partial charge on any atom is -0.465 e. The molecule has 0 amide bonds. The molecule has 2 unspecified atom stereocenters. The van der Waals surface area contributed by atoms with Gasteiger partial charge in [-0.25, -0.2) is 0 Å². The Morgan fingerprint density at radius 3 is 2.82 bits per heavy atom. The third-order valence-corrected chi connectivity index (χ3v) is 4.89. The fraction of sp³-hybridized carbons (Fsp3) is 0.923. The first-order valence-corrected chi connectivity index (χ1v) is 7.50. The Bertz CT molecular complexity index is 256. The van der Waals surface area contributed by atoms with Gasteiger partial charge in [0.05, 0.1) is 12.4 Å². The van der Waals surface area contributed by atoms with Crippen LogP contribution >= 0.6 is 11.8 Å². The number of hydrogen-bond acceptors (Lipinski definition) is 4. The number of thioether (sulfide) groups is 1. The van der Waals surface area contributed by atoms with Gasteiger partial charge < -0.3 is 10.1 Å². The average molecular weight is 259 g/mol. The molecule has 0 aromatic rings. The van der Waals surface area contributed by atoms with E-state index >= 15 is 0 Å². The Morgan fingerprint density at radius 1 is 1.53 bits per heavy atom. The highest BCUT2D eigenvalue weighted by molar-refractivity contribution is 8.00. The molecule has 0 spiro atoms. The summed E-state index contributed by atoms with van der Waals surface area (Å²) in [7, 11) is 2.02. The lowest BCUT2D eigenvalue weighted by Crippen LogP contribution is -2.50. The summed E-state index contributed by atoms with van der Waals surface area (Å²) >= 11 is 1.74. The van der Waals surface area contributed by atoms with Crippen LogP contribution in [0.1, 0.15) is 40.0 Å². The predicted octanol–water partition coefficient (Wildman–Crippen LogP) is 2.45. The molecule has 100 valence electrons.